The van der Waals surface area contributed by atoms with Crippen LogP contribution in [0.4, 0.5) is 4.39 Å². The first kappa shape index (κ1) is 17.3. The van der Waals surface area contributed by atoms with Crippen LogP contribution in [0.2, 0.25) is 0 Å². The summed E-state index contributed by atoms with van der Waals surface area (Å²) in [4.78, 5) is 11.4. The molecule has 0 aromatic heterocycles. The zero-order chi connectivity index (χ0) is 16.8. The normalized spacial score (nSPS) is 12.2. The summed E-state index contributed by atoms with van der Waals surface area (Å²) in [5.74, 6) is -1.31. The summed E-state index contributed by atoms with van der Waals surface area (Å²) in [5, 5.41) is 0. The predicted molar refractivity (Wildman–Crippen MR) is 82.3 cm³/mol. The molecule has 1 atom stereocenters. The molecule has 0 aliphatic heterocycles. The van der Waals surface area contributed by atoms with Crippen molar-refractivity contribution in [3.63, 3.8) is 0 Å². The van der Waals surface area contributed by atoms with Crippen molar-refractivity contribution in [2.24, 2.45) is 0 Å². The largest absolute Gasteiger partial charge is 0.760 e. The molecule has 0 aliphatic rings. The van der Waals surface area contributed by atoms with Gasteiger partial charge in [-0.2, -0.15) is 0 Å². The molecule has 0 fully saturated rings. The molecule has 122 valence electrons. The Bertz CT molecular complexity index is 708. The van der Waals surface area contributed by atoms with Gasteiger partial charge in [-0.25, -0.2) is 13.5 Å². The fourth-order valence-electron chi connectivity index (χ4n) is 2.06. The number of halogens is 1. The number of benzene rings is 2. The molecule has 5 nitrogen and oxygen atoms in total. The van der Waals surface area contributed by atoms with Gasteiger partial charge in [0.15, 0.2) is 0 Å². The van der Waals surface area contributed by atoms with E-state index in [9.17, 15) is 17.9 Å². The van der Waals surface area contributed by atoms with Gasteiger partial charge in [-0.3, -0.25) is 4.21 Å². The zero-order valence-electron chi connectivity index (χ0n) is 12.4. The lowest BCUT2D eigenvalue weighted by Crippen LogP contribution is -2.25. The van der Waals surface area contributed by atoms with Crippen LogP contribution in [0, 0.1) is 5.82 Å². The SMILES string of the molecule is COC(=O)c1ccc(CN(Cc2ccccc2)S(=O)[O-])c(F)c1. The van der Waals surface area contributed by atoms with Crippen molar-refractivity contribution in [3.05, 3.63) is 71.0 Å². The monoisotopic (exact) mass is 336 g/mol. The van der Waals surface area contributed by atoms with Gasteiger partial charge in [-0.1, -0.05) is 36.4 Å². The molecule has 2 aromatic carbocycles. The highest BCUT2D eigenvalue weighted by Crippen LogP contribution is 2.16. The van der Waals surface area contributed by atoms with Gasteiger partial charge >= 0.3 is 5.97 Å². The molecule has 0 saturated carbocycles. The average molecular weight is 336 g/mol. The molecule has 23 heavy (non-hydrogen) atoms. The maximum absolute atomic E-state index is 14.1. The van der Waals surface area contributed by atoms with Gasteiger partial charge in [0.05, 0.1) is 12.7 Å². The molecule has 0 aliphatic carbocycles. The second-order valence-corrected chi connectivity index (χ2v) is 5.75. The Hall–Kier alpha value is -2.09. The molecule has 0 heterocycles. The number of rotatable bonds is 6. The van der Waals surface area contributed by atoms with E-state index < -0.39 is 23.1 Å². The molecule has 0 N–H and O–H groups in total. The molecule has 1 unspecified atom stereocenters. The number of ether oxygens (including phenoxy) is 1. The van der Waals surface area contributed by atoms with Crippen LogP contribution < -0.4 is 0 Å². The summed E-state index contributed by atoms with van der Waals surface area (Å²) in [5.41, 5.74) is 1.05. The molecule has 0 amide bonds. The van der Waals surface area contributed by atoms with E-state index in [0.29, 0.717) is 0 Å². The average Bonchev–Trinajstić information content (AvgIpc) is 2.55. The van der Waals surface area contributed by atoms with Crippen molar-refractivity contribution >= 4 is 17.2 Å². The fourth-order valence-corrected chi connectivity index (χ4v) is 2.56. The van der Waals surface area contributed by atoms with E-state index in [1.807, 2.05) is 6.07 Å². The molecule has 0 bridgehead atoms. The quantitative estimate of drug-likeness (QED) is 0.600. The van der Waals surface area contributed by atoms with Crippen molar-refractivity contribution in [1.29, 1.82) is 0 Å². The zero-order valence-corrected chi connectivity index (χ0v) is 13.2. The van der Waals surface area contributed by atoms with Crippen molar-refractivity contribution in [2.45, 2.75) is 13.1 Å². The molecule has 0 radical (unpaired) electrons. The Morgan fingerprint density at radius 1 is 1.22 bits per heavy atom. The van der Waals surface area contributed by atoms with Crippen molar-refractivity contribution in [1.82, 2.24) is 4.31 Å². The Morgan fingerprint density at radius 3 is 2.48 bits per heavy atom. The van der Waals surface area contributed by atoms with Crippen LogP contribution in [0.25, 0.3) is 0 Å². The molecular formula is C16H15FNO4S-. The minimum absolute atomic E-state index is 0.0756. The first-order chi connectivity index (χ1) is 11.0. The lowest BCUT2D eigenvalue weighted by Gasteiger charge is -2.24. The van der Waals surface area contributed by atoms with Gasteiger partial charge in [0.25, 0.3) is 0 Å². The first-order valence-corrected chi connectivity index (χ1v) is 7.79. The molecule has 2 aromatic rings. The van der Waals surface area contributed by atoms with Crippen LogP contribution in [0.15, 0.2) is 48.5 Å². The van der Waals surface area contributed by atoms with Crippen LogP contribution in [-0.2, 0) is 29.1 Å². The van der Waals surface area contributed by atoms with Crippen LogP contribution in [0.5, 0.6) is 0 Å². The van der Waals surface area contributed by atoms with Gasteiger partial charge in [0, 0.05) is 29.9 Å². The van der Waals surface area contributed by atoms with Crippen LogP contribution >= 0.6 is 0 Å². The van der Waals surface area contributed by atoms with E-state index in [0.717, 1.165) is 15.9 Å². The Kier molecular flexibility index (Phi) is 5.97. The Labute approximate surface area is 136 Å². The number of nitrogens with zero attached hydrogens (tertiary/aromatic N) is 1. The summed E-state index contributed by atoms with van der Waals surface area (Å²) in [6, 6.07) is 12.8. The van der Waals surface area contributed by atoms with Crippen LogP contribution in [-0.4, -0.2) is 26.1 Å². The van der Waals surface area contributed by atoms with E-state index in [-0.39, 0.29) is 24.2 Å². The maximum atomic E-state index is 14.1. The van der Waals surface area contributed by atoms with Crippen molar-refractivity contribution in [3.8, 4) is 0 Å². The first-order valence-electron chi connectivity index (χ1n) is 6.76. The molecule has 0 spiro atoms. The highest BCUT2D eigenvalue weighted by Gasteiger charge is 2.14. The minimum Gasteiger partial charge on any atom is -0.760 e. The van der Waals surface area contributed by atoms with Gasteiger partial charge in [-0.15, -0.1) is 0 Å². The number of methoxy groups -OCH3 is 1. The van der Waals surface area contributed by atoms with Crippen molar-refractivity contribution < 1.29 is 22.7 Å². The summed E-state index contributed by atoms with van der Waals surface area (Å²) in [6.45, 7) is 0.00738. The highest BCUT2D eigenvalue weighted by atomic mass is 32.2. The smallest absolute Gasteiger partial charge is 0.337 e. The lowest BCUT2D eigenvalue weighted by atomic mass is 10.1. The fraction of sp³-hybridized carbons (Fsp3) is 0.188. The lowest BCUT2D eigenvalue weighted by molar-refractivity contribution is 0.0600. The van der Waals surface area contributed by atoms with Crippen LogP contribution in [0.3, 0.4) is 0 Å². The van der Waals surface area contributed by atoms with Crippen LogP contribution in [0.1, 0.15) is 21.5 Å². The second-order valence-electron chi connectivity index (χ2n) is 4.80. The van der Waals surface area contributed by atoms with E-state index in [1.165, 1.54) is 19.2 Å². The van der Waals surface area contributed by atoms with Crippen molar-refractivity contribution in [2.75, 3.05) is 7.11 Å². The Balaban J connectivity index is 2.17. The number of hydrogen-bond acceptors (Lipinski definition) is 4. The molecular weight excluding hydrogens is 321 g/mol. The second kappa shape index (κ2) is 7.96. The number of carbonyl (C=O) groups excluding carboxylic acids is 1. The third-order valence-corrected chi connectivity index (χ3v) is 3.91. The number of hydrogen-bond donors (Lipinski definition) is 0. The van der Waals surface area contributed by atoms with E-state index in [2.05, 4.69) is 4.74 Å². The minimum atomic E-state index is -2.50. The number of esters is 1. The summed E-state index contributed by atoms with van der Waals surface area (Å²) >= 11 is -2.50. The summed E-state index contributed by atoms with van der Waals surface area (Å²) in [7, 11) is 1.20. The summed E-state index contributed by atoms with van der Waals surface area (Å²) < 4.78 is 42.4. The van der Waals surface area contributed by atoms with E-state index in [4.69, 9.17) is 0 Å². The van der Waals surface area contributed by atoms with E-state index >= 15 is 0 Å². The molecule has 7 heteroatoms. The molecule has 0 saturated heterocycles. The maximum Gasteiger partial charge on any atom is 0.337 e. The van der Waals surface area contributed by atoms with E-state index in [1.54, 1.807) is 24.3 Å². The topological polar surface area (TPSA) is 69.7 Å². The molecule has 2 rings (SSSR count). The highest BCUT2D eigenvalue weighted by molar-refractivity contribution is 7.76. The standard InChI is InChI=1S/C16H16FNO4S/c1-22-16(19)13-7-8-14(15(17)9-13)11-18(23(20)21)10-12-5-3-2-4-6-12/h2-9H,10-11H2,1H3,(H,20,21)/p-1. The summed E-state index contributed by atoms with van der Waals surface area (Å²) in [6.07, 6.45) is 0. The van der Waals surface area contributed by atoms with Gasteiger partial charge < -0.3 is 9.29 Å². The Morgan fingerprint density at radius 2 is 1.91 bits per heavy atom. The third kappa shape index (κ3) is 4.69. The third-order valence-electron chi connectivity index (χ3n) is 3.23. The van der Waals surface area contributed by atoms with Gasteiger partial charge in [0.2, 0.25) is 0 Å². The van der Waals surface area contributed by atoms with Gasteiger partial charge in [-0.05, 0) is 17.7 Å². The predicted octanol–water partition coefficient (Wildman–Crippen LogP) is 2.41. The number of carbonyl (C=O) groups is 1. The van der Waals surface area contributed by atoms with Gasteiger partial charge in [0.1, 0.15) is 5.82 Å².